The maximum Gasteiger partial charge on any atom is 0.320 e. The number of nitrogens with two attached hydrogens (primary N) is 1. The van der Waals surface area contributed by atoms with Crippen LogP contribution in [-0.4, -0.2) is 30.1 Å². The summed E-state index contributed by atoms with van der Waals surface area (Å²) in [6, 6.07) is 6.37. The number of likely N-dealkylation sites (N-methyl/N-ethyl adjacent to an activating group) is 1. The van der Waals surface area contributed by atoms with E-state index in [-0.39, 0.29) is 12.3 Å². The van der Waals surface area contributed by atoms with Crippen LogP contribution in [0, 0.1) is 0 Å². The zero-order chi connectivity index (χ0) is 12.6. The minimum Gasteiger partial charge on any atom is -0.480 e. The lowest BCUT2D eigenvalue weighted by Gasteiger charge is -2.13. The maximum atomic E-state index is 12.0. The van der Waals surface area contributed by atoms with Gasteiger partial charge >= 0.3 is 5.97 Å². The molecule has 0 aromatic heterocycles. The molecule has 0 saturated heterocycles. The second kappa shape index (κ2) is 4.18. The van der Waals surface area contributed by atoms with Crippen LogP contribution in [0.2, 0.25) is 0 Å². The lowest BCUT2D eigenvalue weighted by Crippen LogP contribution is -2.34. The molecule has 3 N–H and O–H groups in total. The predicted molar refractivity (Wildman–Crippen MR) is 62.8 cm³/mol. The molecule has 0 bridgehead atoms. The molecule has 0 saturated carbocycles. The van der Waals surface area contributed by atoms with Gasteiger partial charge in [0.25, 0.3) is 0 Å². The molecule has 5 heteroatoms. The standard InChI is InChI=1S/C12H14N2O3/c1-14-10-5-3-2-4-7(10)8(11(14)15)6-9(13)12(16)17/h2-5,8-9H,6,13H2,1H3,(H,16,17). The van der Waals surface area contributed by atoms with Gasteiger partial charge in [0.05, 0.1) is 5.92 Å². The first kappa shape index (κ1) is 11.6. The van der Waals surface area contributed by atoms with Gasteiger partial charge in [-0.15, -0.1) is 0 Å². The zero-order valence-electron chi connectivity index (χ0n) is 9.46. The number of nitrogens with zero attached hydrogens (tertiary/aromatic N) is 1. The van der Waals surface area contributed by atoms with E-state index < -0.39 is 17.9 Å². The van der Waals surface area contributed by atoms with E-state index in [1.807, 2.05) is 24.3 Å². The molecule has 0 aliphatic carbocycles. The van der Waals surface area contributed by atoms with Gasteiger partial charge < -0.3 is 15.7 Å². The quantitative estimate of drug-likeness (QED) is 0.800. The van der Waals surface area contributed by atoms with Crippen LogP contribution in [0.15, 0.2) is 24.3 Å². The summed E-state index contributed by atoms with van der Waals surface area (Å²) < 4.78 is 0. The van der Waals surface area contributed by atoms with E-state index in [0.29, 0.717) is 0 Å². The summed E-state index contributed by atoms with van der Waals surface area (Å²) in [4.78, 5) is 24.3. The molecule has 1 aromatic rings. The van der Waals surface area contributed by atoms with Crippen molar-refractivity contribution in [1.29, 1.82) is 0 Å². The Labute approximate surface area is 98.8 Å². The van der Waals surface area contributed by atoms with E-state index in [0.717, 1.165) is 11.3 Å². The number of hydrogen-bond donors (Lipinski definition) is 2. The van der Waals surface area contributed by atoms with Gasteiger partial charge in [-0.3, -0.25) is 9.59 Å². The van der Waals surface area contributed by atoms with Crippen molar-refractivity contribution in [2.45, 2.75) is 18.4 Å². The summed E-state index contributed by atoms with van der Waals surface area (Å²) in [6.07, 6.45) is 0.134. The Balaban J connectivity index is 2.30. The topological polar surface area (TPSA) is 83.6 Å². The number of carbonyl (C=O) groups excluding carboxylic acids is 1. The van der Waals surface area contributed by atoms with Crippen molar-refractivity contribution in [3.05, 3.63) is 29.8 Å². The Kier molecular flexibility index (Phi) is 2.85. The second-order valence-electron chi connectivity index (χ2n) is 4.19. The van der Waals surface area contributed by atoms with Crippen LogP contribution in [0.1, 0.15) is 17.9 Å². The number of para-hydroxylation sites is 1. The van der Waals surface area contributed by atoms with Gasteiger partial charge in [-0.1, -0.05) is 18.2 Å². The number of hydrogen-bond acceptors (Lipinski definition) is 3. The molecule has 17 heavy (non-hydrogen) atoms. The van der Waals surface area contributed by atoms with Crippen molar-refractivity contribution in [1.82, 2.24) is 0 Å². The van der Waals surface area contributed by atoms with Gasteiger partial charge in [-0.05, 0) is 18.1 Å². The van der Waals surface area contributed by atoms with Gasteiger partial charge in [0.15, 0.2) is 0 Å². The molecule has 1 aliphatic heterocycles. The third-order valence-corrected chi connectivity index (χ3v) is 3.11. The molecular formula is C12H14N2O3. The summed E-state index contributed by atoms with van der Waals surface area (Å²) in [6.45, 7) is 0. The fourth-order valence-electron chi connectivity index (χ4n) is 2.16. The predicted octanol–water partition coefficient (Wildman–Crippen LogP) is 0.549. The van der Waals surface area contributed by atoms with E-state index in [2.05, 4.69) is 0 Å². The molecule has 2 atom stereocenters. The Morgan fingerprint density at radius 1 is 1.53 bits per heavy atom. The van der Waals surface area contributed by atoms with Gasteiger partial charge in [0.1, 0.15) is 6.04 Å². The van der Waals surface area contributed by atoms with Crippen LogP contribution >= 0.6 is 0 Å². The van der Waals surface area contributed by atoms with Crippen molar-refractivity contribution >= 4 is 17.6 Å². The number of carboxylic acids is 1. The minimum atomic E-state index is -1.08. The molecule has 1 heterocycles. The summed E-state index contributed by atoms with van der Waals surface area (Å²) in [5.41, 5.74) is 7.18. The first-order valence-corrected chi connectivity index (χ1v) is 5.37. The second-order valence-corrected chi connectivity index (χ2v) is 4.19. The van der Waals surface area contributed by atoms with Crippen LogP contribution < -0.4 is 10.6 Å². The third-order valence-electron chi connectivity index (χ3n) is 3.11. The number of fused-ring (bicyclic) bond motifs is 1. The largest absolute Gasteiger partial charge is 0.480 e. The summed E-state index contributed by atoms with van der Waals surface area (Å²) in [5.74, 6) is -1.62. The zero-order valence-corrected chi connectivity index (χ0v) is 9.46. The lowest BCUT2D eigenvalue weighted by atomic mass is 9.94. The molecule has 0 spiro atoms. The Hall–Kier alpha value is -1.88. The van der Waals surface area contributed by atoms with Crippen LogP contribution in [0.25, 0.3) is 0 Å². The molecule has 90 valence electrons. The van der Waals surface area contributed by atoms with Crippen molar-refractivity contribution < 1.29 is 14.7 Å². The number of rotatable bonds is 3. The van der Waals surface area contributed by atoms with Crippen LogP contribution in [0.3, 0.4) is 0 Å². The summed E-state index contributed by atoms with van der Waals surface area (Å²) in [7, 11) is 1.69. The molecule has 2 unspecified atom stereocenters. The maximum absolute atomic E-state index is 12.0. The van der Waals surface area contributed by atoms with E-state index in [1.165, 1.54) is 0 Å². The SMILES string of the molecule is CN1C(=O)C(CC(N)C(=O)O)c2ccccc21. The monoisotopic (exact) mass is 234 g/mol. The summed E-state index contributed by atoms with van der Waals surface area (Å²) in [5, 5.41) is 8.79. The Bertz CT molecular complexity index is 473. The van der Waals surface area contributed by atoms with Crippen molar-refractivity contribution in [3.8, 4) is 0 Å². The molecule has 1 aliphatic rings. The molecule has 1 amide bonds. The summed E-state index contributed by atoms with van der Waals surface area (Å²) >= 11 is 0. The van der Waals surface area contributed by atoms with Gasteiger partial charge in [0, 0.05) is 12.7 Å². The van der Waals surface area contributed by atoms with Crippen LogP contribution in [0.4, 0.5) is 5.69 Å². The van der Waals surface area contributed by atoms with Gasteiger partial charge in [-0.25, -0.2) is 0 Å². The number of carboxylic acid groups (broad SMARTS) is 1. The third kappa shape index (κ3) is 1.89. The lowest BCUT2D eigenvalue weighted by molar-refractivity contribution is -0.138. The van der Waals surface area contributed by atoms with Crippen LogP contribution in [-0.2, 0) is 9.59 Å². The van der Waals surface area contributed by atoms with Crippen molar-refractivity contribution in [3.63, 3.8) is 0 Å². The van der Waals surface area contributed by atoms with E-state index in [4.69, 9.17) is 10.8 Å². The van der Waals surface area contributed by atoms with Gasteiger partial charge in [-0.2, -0.15) is 0 Å². The molecule has 1 aromatic carbocycles. The molecular weight excluding hydrogens is 220 g/mol. The number of anilines is 1. The fourth-order valence-corrected chi connectivity index (χ4v) is 2.16. The minimum absolute atomic E-state index is 0.0945. The highest BCUT2D eigenvalue weighted by atomic mass is 16.4. The first-order valence-electron chi connectivity index (χ1n) is 5.37. The van der Waals surface area contributed by atoms with E-state index in [1.54, 1.807) is 11.9 Å². The number of amides is 1. The fraction of sp³-hybridized carbons (Fsp3) is 0.333. The Morgan fingerprint density at radius 2 is 2.18 bits per heavy atom. The molecule has 0 radical (unpaired) electrons. The van der Waals surface area contributed by atoms with E-state index >= 15 is 0 Å². The first-order chi connectivity index (χ1) is 8.02. The Morgan fingerprint density at radius 3 is 2.82 bits per heavy atom. The highest BCUT2D eigenvalue weighted by Crippen LogP contribution is 2.38. The number of carbonyl (C=O) groups is 2. The normalized spacial score (nSPS) is 20.2. The average molecular weight is 234 g/mol. The molecule has 2 rings (SSSR count). The van der Waals surface area contributed by atoms with Crippen LogP contribution in [0.5, 0.6) is 0 Å². The molecule has 0 fully saturated rings. The highest BCUT2D eigenvalue weighted by molar-refractivity contribution is 6.04. The smallest absolute Gasteiger partial charge is 0.320 e. The number of benzene rings is 1. The number of aliphatic carboxylic acids is 1. The van der Waals surface area contributed by atoms with Crippen molar-refractivity contribution in [2.24, 2.45) is 5.73 Å². The highest BCUT2D eigenvalue weighted by Gasteiger charge is 2.36. The van der Waals surface area contributed by atoms with Crippen molar-refractivity contribution in [2.75, 3.05) is 11.9 Å². The molecule has 5 nitrogen and oxygen atoms in total. The van der Waals surface area contributed by atoms with Gasteiger partial charge in [0.2, 0.25) is 5.91 Å². The average Bonchev–Trinajstić information content (AvgIpc) is 2.55. The van der Waals surface area contributed by atoms with E-state index in [9.17, 15) is 9.59 Å².